The fourth-order valence-corrected chi connectivity index (χ4v) is 1.96. The zero-order valence-electron chi connectivity index (χ0n) is 12.2. The van der Waals surface area contributed by atoms with Crippen LogP contribution in [0.5, 0.6) is 0 Å². The van der Waals surface area contributed by atoms with Crippen LogP contribution in [0.25, 0.3) is 0 Å². The van der Waals surface area contributed by atoms with Gasteiger partial charge in [0, 0.05) is 6.42 Å². The Morgan fingerprint density at radius 2 is 1.32 bits per heavy atom. The fraction of sp³-hybridized carbons (Fsp3) is 0.714. The molecule has 1 unspecified atom stereocenters. The van der Waals surface area contributed by atoms with Gasteiger partial charge in [-0.25, -0.2) is 24.2 Å². The predicted octanol–water partition coefficient (Wildman–Crippen LogP) is 1.51. The minimum Gasteiger partial charge on any atom is -0.478 e. The molecule has 22 heavy (non-hydrogen) atoms. The Hall–Kier alpha value is -2.12. The average molecular weight is 316 g/mol. The SMILES string of the molecule is O=C1CCCCCCCCC(=O)OC(C(=O)O)CC(=O)OO1. The number of carboxylic acid groups (broad SMARTS) is 1. The number of carbonyl (C=O) groups is 4. The number of cyclic esters (lactones) is 1. The third-order valence-electron chi connectivity index (χ3n) is 3.14. The molecule has 1 N–H and O–H groups in total. The van der Waals surface area contributed by atoms with Crippen molar-refractivity contribution in [3.63, 3.8) is 0 Å². The highest BCUT2D eigenvalue weighted by Gasteiger charge is 2.27. The zero-order valence-corrected chi connectivity index (χ0v) is 12.2. The molecule has 1 aliphatic rings. The summed E-state index contributed by atoms with van der Waals surface area (Å²) in [5, 5.41) is 8.92. The van der Waals surface area contributed by atoms with Crippen molar-refractivity contribution >= 4 is 23.9 Å². The van der Waals surface area contributed by atoms with E-state index in [1.165, 1.54) is 0 Å². The molecular formula is C14H20O8. The van der Waals surface area contributed by atoms with Crippen LogP contribution >= 0.6 is 0 Å². The van der Waals surface area contributed by atoms with E-state index in [2.05, 4.69) is 9.78 Å². The summed E-state index contributed by atoms with van der Waals surface area (Å²) in [5.41, 5.74) is 0. The number of hydrogen-bond donors (Lipinski definition) is 1. The first-order chi connectivity index (χ1) is 10.5. The lowest BCUT2D eigenvalue weighted by atomic mass is 10.1. The van der Waals surface area contributed by atoms with Gasteiger partial charge in [0.05, 0.1) is 12.8 Å². The second kappa shape index (κ2) is 9.75. The molecule has 1 fully saturated rings. The number of aliphatic carboxylic acids is 1. The molecule has 0 amide bonds. The van der Waals surface area contributed by atoms with Gasteiger partial charge in [-0.1, -0.05) is 25.7 Å². The zero-order chi connectivity index (χ0) is 16.4. The van der Waals surface area contributed by atoms with Crippen LogP contribution in [0.2, 0.25) is 0 Å². The molecule has 8 nitrogen and oxygen atoms in total. The molecule has 1 aliphatic heterocycles. The Morgan fingerprint density at radius 1 is 0.818 bits per heavy atom. The molecule has 0 aliphatic carbocycles. The quantitative estimate of drug-likeness (QED) is 0.571. The van der Waals surface area contributed by atoms with E-state index in [9.17, 15) is 19.2 Å². The maximum atomic E-state index is 11.5. The normalized spacial score (nSPS) is 23.1. The van der Waals surface area contributed by atoms with Gasteiger partial charge >= 0.3 is 23.9 Å². The maximum absolute atomic E-state index is 11.5. The third-order valence-corrected chi connectivity index (χ3v) is 3.14. The first-order valence-corrected chi connectivity index (χ1v) is 7.31. The van der Waals surface area contributed by atoms with Crippen LogP contribution in [-0.4, -0.2) is 35.1 Å². The first-order valence-electron chi connectivity index (χ1n) is 7.31. The molecule has 1 atom stereocenters. The maximum Gasteiger partial charge on any atom is 0.359 e. The Balaban J connectivity index is 2.59. The molecule has 0 aromatic carbocycles. The summed E-state index contributed by atoms with van der Waals surface area (Å²) < 4.78 is 4.73. The number of carbonyl (C=O) groups excluding carboxylic acids is 3. The summed E-state index contributed by atoms with van der Waals surface area (Å²) in [6.07, 6.45) is 2.58. The smallest absolute Gasteiger partial charge is 0.359 e. The highest BCUT2D eigenvalue weighted by Crippen LogP contribution is 2.12. The summed E-state index contributed by atoms with van der Waals surface area (Å²) in [6, 6.07) is 0. The largest absolute Gasteiger partial charge is 0.478 e. The number of rotatable bonds is 1. The summed E-state index contributed by atoms with van der Waals surface area (Å²) in [7, 11) is 0. The minimum absolute atomic E-state index is 0.105. The summed E-state index contributed by atoms with van der Waals surface area (Å²) in [4.78, 5) is 53.7. The summed E-state index contributed by atoms with van der Waals surface area (Å²) in [6.45, 7) is 0. The molecular weight excluding hydrogens is 296 g/mol. The van der Waals surface area contributed by atoms with Crippen LogP contribution in [0, 0.1) is 0 Å². The fourth-order valence-electron chi connectivity index (χ4n) is 1.96. The van der Waals surface area contributed by atoms with Crippen LogP contribution < -0.4 is 0 Å². The van der Waals surface area contributed by atoms with Gasteiger partial charge in [0.1, 0.15) is 0 Å². The lowest BCUT2D eigenvalue weighted by Crippen LogP contribution is -2.30. The van der Waals surface area contributed by atoms with Gasteiger partial charge in [-0.3, -0.25) is 4.79 Å². The topological polar surface area (TPSA) is 116 Å². The van der Waals surface area contributed by atoms with E-state index >= 15 is 0 Å². The number of esters is 1. The van der Waals surface area contributed by atoms with E-state index in [4.69, 9.17) is 9.84 Å². The Kier molecular flexibility index (Phi) is 7.95. The molecule has 1 heterocycles. The Labute approximate surface area is 127 Å². The number of carboxylic acids is 1. The standard InChI is InChI=1S/C14H20O8/c15-11-7-5-3-1-2-4-6-8-12(16)21-22-13(17)9-10(20-11)14(18)19/h10H,1-9H2,(H,18,19). The lowest BCUT2D eigenvalue weighted by molar-refractivity contribution is -0.260. The van der Waals surface area contributed by atoms with Crippen molar-refractivity contribution in [3.8, 4) is 0 Å². The Bertz CT molecular complexity index is 417. The first kappa shape index (κ1) is 17.9. The van der Waals surface area contributed by atoms with Gasteiger partial charge < -0.3 is 9.84 Å². The van der Waals surface area contributed by atoms with Crippen LogP contribution in [0.15, 0.2) is 0 Å². The van der Waals surface area contributed by atoms with E-state index in [0.717, 1.165) is 25.7 Å². The van der Waals surface area contributed by atoms with Gasteiger partial charge in [-0.15, -0.1) is 0 Å². The van der Waals surface area contributed by atoms with Crippen molar-refractivity contribution in [1.82, 2.24) is 0 Å². The van der Waals surface area contributed by atoms with Crippen molar-refractivity contribution < 1.29 is 38.8 Å². The predicted molar refractivity (Wildman–Crippen MR) is 71.3 cm³/mol. The Morgan fingerprint density at radius 3 is 1.91 bits per heavy atom. The van der Waals surface area contributed by atoms with Crippen LogP contribution in [-0.2, 0) is 33.7 Å². The lowest BCUT2D eigenvalue weighted by Gasteiger charge is -2.13. The van der Waals surface area contributed by atoms with Crippen molar-refractivity contribution in [2.24, 2.45) is 0 Å². The highest BCUT2D eigenvalue weighted by molar-refractivity contribution is 5.83. The molecule has 0 radical (unpaired) electrons. The summed E-state index contributed by atoms with van der Waals surface area (Å²) in [5.74, 6) is -3.91. The molecule has 0 aromatic heterocycles. The molecule has 1 saturated heterocycles. The second-order valence-electron chi connectivity index (χ2n) is 5.05. The van der Waals surface area contributed by atoms with Crippen molar-refractivity contribution in [2.75, 3.05) is 0 Å². The average Bonchev–Trinajstić information content (AvgIpc) is 2.46. The van der Waals surface area contributed by atoms with Gasteiger partial charge in [0.2, 0.25) is 6.10 Å². The minimum atomic E-state index is -1.65. The van der Waals surface area contributed by atoms with Crippen molar-refractivity contribution in [2.45, 2.75) is 63.9 Å². The van der Waals surface area contributed by atoms with Crippen LogP contribution in [0.4, 0.5) is 0 Å². The molecule has 0 saturated carbocycles. The van der Waals surface area contributed by atoms with E-state index in [0.29, 0.717) is 12.8 Å². The van der Waals surface area contributed by atoms with E-state index in [1.54, 1.807) is 0 Å². The molecule has 0 bridgehead atoms. The molecule has 0 aromatic rings. The van der Waals surface area contributed by atoms with Crippen molar-refractivity contribution in [3.05, 3.63) is 0 Å². The van der Waals surface area contributed by atoms with Gasteiger partial charge in [0.25, 0.3) is 0 Å². The summed E-state index contributed by atoms with van der Waals surface area (Å²) >= 11 is 0. The molecule has 8 heteroatoms. The van der Waals surface area contributed by atoms with Gasteiger partial charge in [0.15, 0.2) is 0 Å². The van der Waals surface area contributed by atoms with Gasteiger partial charge in [-0.05, 0) is 12.8 Å². The molecule has 124 valence electrons. The van der Waals surface area contributed by atoms with Crippen LogP contribution in [0.1, 0.15) is 57.8 Å². The highest BCUT2D eigenvalue weighted by atomic mass is 17.2. The van der Waals surface area contributed by atoms with Crippen molar-refractivity contribution in [1.29, 1.82) is 0 Å². The van der Waals surface area contributed by atoms with E-state index in [1.807, 2.05) is 0 Å². The monoisotopic (exact) mass is 316 g/mol. The van der Waals surface area contributed by atoms with E-state index < -0.39 is 36.4 Å². The number of hydrogen-bond acceptors (Lipinski definition) is 7. The second-order valence-corrected chi connectivity index (χ2v) is 5.05. The third kappa shape index (κ3) is 7.61. The van der Waals surface area contributed by atoms with E-state index in [-0.39, 0.29) is 12.8 Å². The van der Waals surface area contributed by atoms with Crippen LogP contribution in [0.3, 0.4) is 0 Å². The van der Waals surface area contributed by atoms with Gasteiger partial charge in [-0.2, -0.15) is 0 Å². The number of ether oxygens (including phenoxy) is 1. The molecule has 0 spiro atoms. The molecule has 1 rings (SSSR count).